The van der Waals surface area contributed by atoms with Gasteiger partial charge in [-0.1, -0.05) is 30.3 Å². The Labute approximate surface area is 107 Å². The highest BCUT2D eigenvalue weighted by Crippen LogP contribution is 2.18. The van der Waals surface area contributed by atoms with Gasteiger partial charge in [0, 0.05) is 11.8 Å². The zero-order valence-corrected chi connectivity index (χ0v) is 10.6. The van der Waals surface area contributed by atoms with E-state index in [1.807, 2.05) is 49.6 Å². The molecule has 1 heterocycles. The molecule has 0 bridgehead atoms. The van der Waals surface area contributed by atoms with Crippen molar-refractivity contribution in [2.45, 2.75) is 19.0 Å². The highest BCUT2D eigenvalue weighted by atomic mass is 15.3. The maximum atomic E-state index is 9.12. The monoisotopic (exact) mass is 240 g/mol. The maximum Gasteiger partial charge on any atom is 0.123 e. The van der Waals surface area contributed by atoms with Crippen LogP contribution in [0.25, 0.3) is 11.1 Å². The third-order valence-electron chi connectivity index (χ3n) is 3.02. The van der Waals surface area contributed by atoms with Crippen molar-refractivity contribution in [2.24, 2.45) is 0 Å². The molecule has 1 N–H and O–H groups in total. The van der Waals surface area contributed by atoms with Gasteiger partial charge in [0.2, 0.25) is 0 Å². The Morgan fingerprint density at radius 2 is 2.06 bits per heavy atom. The van der Waals surface area contributed by atoms with Crippen LogP contribution in [-0.2, 0) is 6.54 Å². The zero-order chi connectivity index (χ0) is 13.0. The van der Waals surface area contributed by atoms with Crippen LogP contribution in [0.5, 0.6) is 0 Å². The van der Waals surface area contributed by atoms with Gasteiger partial charge < -0.3 is 5.32 Å². The van der Waals surface area contributed by atoms with Crippen LogP contribution in [0.15, 0.2) is 42.7 Å². The summed E-state index contributed by atoms with van der Waals surface area (Å²) < 4.78 is 1.79. The average Bonchev–Trinajstić information content (AvgIpc) is 2.88. The van der Waals surface area contributed by atoms with Gasteiger partial charge in [-0.25, -0.2) is 0 Å². The van der Waals surface area contributed by atoms with Crippen molar-refractivity contribution in [3.8, 4) is 17.2 Å². The lowest BCUT2D eigenvalue weighted by Gasteiger charge is -2.20. The molecule has 0 fully saturated rings. The fraction of sp³-hybridized carbons (Fsp3) is 0.286. The summed E-state index contributed by atoms with van der Waals surface area (Å²) in [5.41, 5.74) is 1.60. The van der Waals surface area contributed by atoms with Crippen molar-refractivity contribution in [1.82, 2.24) is 15.1 Å². The van der Waals surface area contributed by atoms with Crippen molar-refractivity contribution in [3.63, 3.8) is 0 Å². The molecular formula is C14H16N4. The molecule has 0 aliphatic carbocycles. The molecule has 0 spiro atoms. The average molecular weight is 240 g/mol. The molecular weight excluding hydrogens is 224 g/mol. The van der Waals surface area contributed by atoms with E-state index in [2.05, 4.69) is 16.5 Å². The van der Waals surface area contributed by atoms with Gasteiger partial charge in [-0.2, -0.15) is 10.4 Å². The summed E-state index contributed by atoms with van der Waals surface area (Å²) in [6.07, 6.45) is 3.78. The third kappa shape index (κ3) is 2.58. The number of hydrogen-bond donors (Lipinski definition) is 1. The summed E-state index contributed by atoms with van der Waals surface area (Å²) in [4.78, 5) is 0. The Bertz CT molecular complexity index is 553. The quantitative estimate of drug-likeness (QED) is 0.890. The number of benzene rings is 1. The number of nitriles is 1. The molecule has 0 amide bonds. The molecule has 1 aromatic heterocycles. The molecule has 0 saturated carbocycles. The largest absolute Gasteiger partial charge is 0.301 e. The van der Waals surface area contributed by atoms with Crippen LogP contribution in [0, 0.1) is 11.3 Å². The van der Waals surface area contributed by atoms with Crippen LogP contribution in [0.1, 0.15) is 6.92 Å². The van der Waals surface area contributed by atoms with Crippen LogP contribution >= 0.6 is 0 Å². The van der Waals surface area contributed by atoms with Crippen LogP contribution in [0.4, 0.5) is 0 Å². The standard InChI is InChI=1S/C14H16N4/c1-14(10-15,16-2)11-18-9-13(8-17-18)12-6-4-3-5-7-12/h3-9,16H,11H2,1-2H3. The van der Waals surface area contributed by atoms with Crippen molar-refractivity contribution in [2.75, 3.05) is 7.05 Å². The normalized spacial score (nSPS) is 13.8. The Balaban J connectivity index is 2.20. The van der Waals surface area contributed by atoms with Crippen LogP contribution in [-0.4, -0.2) is 22.4 Å². The lowest BCUT2D eigenvalue weighted by molar-refractivity contribution is 0.396. The summed E-state index contributed by atoms with van der Waals surface area (Å²) in [5, 5.41) is 16.4. The van der Waals surface area contributed by atoms with Crippen molar-refractivity contribution in [3.05, 3.63) is 42.7 Å². The molecule has 1 atom stereocenters. The second-order valence-corrected chi connectivity index (χ2v) is 4.49. The molecule has 0 aliphatic heterocycles. The molecule has 4 heteroatoms. The van der Waals surface area contributed by atoms with Crippen LogP contribution in [0.3, 0.4) is 0 Å². The van der Waals surface area contributed by atoms with Gasteiger partial charge in [0.15, 0.2) is 0 Å². The van der Waals surface area contributed by atoms with Crippen LogP contribution < -0.4 is 5.32 Å². The summed E-state index contributed by atoms with van der Waals surface area (Å²) in [6, 6.07) is 12.3. The van der Waals surface area contributed by atoms with Crippen molar-refractivity contribution >= 4 is 0 Å². The van der Waals surface area contributed by atoms with Crippen molar-refractivity contribution < 1.29 is 0 Å². The number of likely N-dealkylation sites (N-methyl/N-ethyl adjacent to an activating group) is 1. The zero-order valence-electron chi connectivity index (χ0n) is 10.6. The van der Waals surface area contributed by atoms with E-state index < -0.39 is 5.54 Å². The molecule has 2 aromatic rings. The van der Waals surface area contributed by atoms with Gasteiger partial charge in [-0.15, -0.1) is 0 Å². The van der Waals surface area contributed by atoms with Crippen molar-refractivity contribution in [1.29, 1.82) is 5.26 Å². The summed E-state index contributed by atoms with van der Waals surface area (Å²) >= 11 is 0. The Kier molecular flexibility index (Phi) is 3.45. The lowest BCUT2D eigenvalue weighted by atomic mass is 10.1. The van der Waals surface area contributed by atoms with E-state index >= 15 is 0 Å². The fourth-order valence-corrected chi connectivity index (χ4v) is 1.72. The van der Waals surface area contributed by atoms with Gasteiger partial charge in [0.1, 0.15) is 5.54 Å². The summed E-state index contributed by atoms with van der Waals surface area (Å²) in [7, 11) is 1.78. The number of nitrogens with zero attached hydrogens (tertiary/aromatic N) is 3. The Morgan fingerprint density at radius 3 is 2.67 bits per heavy atom. The van der Waals surface area contributed by atoms with Gasteiger partial charge in [0.05, 0.1) is 18.8 Å². The van der Waals surface area contributed by atoms with E-state index in [0.717, 1.165) is 11.1 Å². The highest BCUT2D eigenvalue weighted by Gasteiger charge is 2.22. The molecule has 0 radical (unpaired) electrons. The Morgan fingerprint density at radius 1 is 1.33 bits per heavy atom. The molecule has 92 valence electrons. The molecule has 18 heavy (non-hydrogen) atoms. The fourth-order valence-electron chi connectivity index (χ4n) is 1.72. The lowest BCUT2D eigenvalue weighted by Crippen LogP contribution is -2.42. The predicted octanol–water partition coefficient (Wildman–Crippen LogP) is 2.05. The number of aromatic nitrogens is 2. The van der Waals surface area contributed by atoms with Gasteiger partial charge in [-0.05, 0) is 19.5 Å². The highest BCUT2D eigenvalue weighted by molar-refractivity contribution is 5.61. The van der Waals surface area contributed by atoms with Gasteiger partial charge >= 0.3 is 0 Å². The minimum absolute atomic E-state index is 0.521. The number of hydrogen-bond acceptors (Lipinski definition) is 3. The van der Waals surface area contributed by atoms with E-state index in [1.54, 1.807) is 11.7 Å². The molecule has 0 saturated heterocycles. The smallest absolute Gasteiger partial charge is 0.123 e. The van der Waals surface area contributed by atoms with Gasteiger partial charge in [-0.3, -0.25) is 4.68 Å². The SMILES string of the molecule is CNC(C)(C#N)Cn1cc(-c2ccccc2)cn1. The summed E-state index contributed by atoms with van der Waals surface area (Å²) in [6.45, 7) is 2.38. The minimum Gasteiger partial charge on any atom is -0.301 e. The van der Waals surface area contributed by atoms with E-state index in [-0.39, 0.29) is 0 Å². The predicted molar refractivity (Wildman–Crippen MR) is 70.7 cm³/mol. The second-order valence-electron chi connectivity index (χ2n) is 4.49. The first-order valence-electron chi connectivity index (χ1n) is 5.85. The Hall–Kier alpha value is -2.12. The molecule has 4 nitrogen and oxygen atoms in total. The maximum absolute atomic E-state index is 9.12. The number of rotatable bonds is 4. The molecule has 1 unspecified atom stereocenters. The first kappa shape index (κ1) is 12.3. The first-order valence-corrected chi connectivity index (χ1v) is 5.85. The molecule has 1 aromatic carbocycles. The van der Waals surface area contributed by atoms with Gasteiger partial charge in [0.25, 0.3) is 0 Å². The van der Waals surface area contributed by atoms with E-state index in [1.165, 1.54) is 0 Å². The van der Waals surface area contributed by atoms with Crippen LogP contribution in [0.2, 0.25) is 0 Å². The van der Waals surface area contributed by atoms with E-state index in [0.29, 0.717) is 6.54 Å². The minimum atomic E-state index is -0.597. The first-order chi connectivity index (χ1) is 8.67. The topological polar surface area (TPSA) is 53.6 Å². The van der Waals surface area contributed by atoms with E-state index in [9.17, 15) is 0 Å². The molecule has 2 rings (SSSR count). The second kappa shape index (κ2) is 5.03. The summed E-state index contributed by atoms with van der Waals surface area (Å²) in [5.74, 6) is 0. The third-order valence-corrected chi connectivity index (χ3v) is 3.02. The number of nitrogens with one attached hydrogen (secondary N) is 1. The van der Waals surface area contributed by atoms with E-state index in [4.69, 9.17) is 5.26 Å². The molecule has 0 aliphatic rings.